The number of benzene rings is 1. The van der Waals surface area contributed by atoms with Crippen LogP contribution in [0.4, 0.5) is 0 Å². The number of rotatable bonds is 3. The minimum Gasteiger partial charge on any atom is -0.319 e. The second kappa shape index (κ2) is 5.66. The Hall–Kier alpha value is -1.98. The monoisotopic (exact) mass is 311 g/mol. The van der Waals surface area contributed by atoms with Crippen LogP contribution in [0.2, 0.25) is 0 Å². The van der Waals surface area contributed by atoms with Crippen molar-refractivity contribution in [3.63, 3.8) is 0 Å². The van der Waals surface area contributed by atoms with Crippen molar-refractivity contribution in [2.24, 2.45) is 0 Å². The number of aromatic amines is 1. The molecular formula is C17H17N3OS. The second-order valence-electron chi connectivity index (χ2n) is 5.67. The van der Waals surface area contributed by atoms with Gasteiger partial charge in [-0.05, 0) is 43.0 Å². The van der Waals surface area contributed by atoms with E-state index < -0.39 is 0 Å². The summed E-state index contributed by atoms with van der Waals surface area (Å²) in [7, 11) is 0. The second-order valence-corrected chi connectivity index (χ2v) is 6.65. The molecule has 0 radical (unpaired) electrons. The van der Waals surface area contributed by atoms with Crippen LogP contribution < -0.4 is 5.56 Å². The molecule has 4 nitrogen and oxygen atoms in total. The number of fused-ring (bicyclic) bond motifs is 1. The van der Waals surface area contributed by atoms with Gasteiger partial charge in [-0.2, -0.15) is 0 Å². The van der Waals surface area contributed by atoms with Crippen molar-refractivity contribution in [3.8, 4) is 0 Å². The summed E-state index contributed by atoms with van der Waals surface area (Å²) in [6, 6.07) is 12.4. The zero-order valence-corrected chi connectivity index (χ0v) is 13.0. The van der Waals surface area contributed by atoms with Gasteiger partial charge in [0.25, 0.3) is 5.56 Å². The number of hydrogen-bond donors (Lipinski definition) is 1. The number of para-hydroxylation sites is 2. The Balaban J connectivity index is 1.65. The van der Waals surface area contributed by atoms with E-state index >= 15 is 0 Å². The lowest BCUT2D eigenvalue weighted by Crippen LogP contribution is -2.27. The van der Waals surface area contributed by atoms with Crippen LogP contribution in [-0.2, 0) is 6.54 Å². The van der Waals surface area contributed by atoms with Crippen LogP contribution in [0.5, 0.6) is 0 Å². The van der Waals surface area contributed by atoms with Gasteiger partial charge in [0.15, 0.2) is 0 Å². The lowest BCUT2D eigenvalue weighted by Gasteiger charge is -2.22. The van der Waals surface area contributed by atoms with E-state index in [2.05, 4.69) is 32.4 Å². The lowest BCUT2D eigenvalue weighted by atomic mass is 10.2. The van der Waals surface area contributed by atoms with E-state index in [1.807, 2.05) is 24.3 Å². The van der Waals surface area contributed by atoms with E-state index in [9.17, 15) is 4.79 Å². The molecule has 1 saturated heterocycles. The molecule has 1 aliphatic rings. The minimum atomic E-state index is -0.0736. The average molecular weight is 311 g/mol. The lowest BCUT2D eigenvalue weighted by molar-refractivity contribution is 0.248. The Morgan fingerprint density at radius 3 is 3.05 bits per heavy atom. The third-order valence-corrected chi connectivity index (χ3v) is 5.23. The summed E-state index contributed by atoms with van der Waals surface area (Å²) in [6.45, 7) is 1.64. The summed E-state index contributed by atoms with van der Waals surface area (Å²) in [5, 5.41) is 2.12. The molecule has 0 saturated carbocycles. The van der Waals surface area contributed by atoms with Gasteiger partial charge in [0.1, 0.15) is 5.69 Å². The molecule has 1 fully saturated rings. The SMILES string of the molecule is O=c1[nH]c2ccccc2nc1CN1CCCC1c1cccs1. The fourth-order valence-electron chi connectivity index (χ4n) is 3.19. The van der Waals surface area contributed by atoms with Crippen LogP contribution in [0.15, 0.2) is 46.6 Å². The molecule has 2 aromatic heterocycles. The van der Waals surface area contributed by atoms with Crippen molar-refractivity contribution >= 4 is 22.4 Å². The molecule has 0 bridgehead atoms. The van der Waals surface area contributed by atoms with Crippen LogP contribution >= 0.6 is 11.3 Å². The van der Waals surface area contributed by atoms with Gasteiger partial charge < -0.3 is 4.98 Å². The first kappa shape index (κ1) is 13.7. The normalized spacial score (nSPS) is 19.0. The van der Waals surface area contributed by atoms with Crippen LogP contribution in [0, 0.1) is 0 Å². The largest absolute Gasteiger partial charge is 0.319 e. The van der Waals surface area contributed by atoms with E-state index in [4.69, 9.17) is 0 Å². The van der Waals surface area contributed by atoms with E-state index in [1.165, 1.54) is 11.3 Å². The summed E-state index contributed by atoms with van der Waals surface area (Å²) < 4.78 is 0. The topological polar surface area (TPSA) is 49.0 Å². The zero-order valence-electron chi connectivity index (χ0n) is 12.2. The zero-order chi connectivity index (χ0) is 14.9. The van der Waals surface area contributed by atoms with Crippen molar-refractivity contribution in [2.75, 3.05) is 6.54 Å². The van der Waals surface area contributed by atoms with Crippen molar-refractivity contribution in [3.05, 3.63) is 62.7 Å². The summed E-state index contributed by atoms with van der Waals surface area (Å²) in [5.41, 5.74) is 2.19. The van der Waals surface area contributed by atoms with E-state index in [-0.39, 0.29) is 5.56 Å². The van der Waals surface area contributed by atoms with Gasteiger partial charge in [-0.1, -0.05) is 18.2 Å². The van der Waals surface area contributed by atoms with Gasteiger partial charge in [0.05, 0.1) is 11.0 Å². The molecule has 112 valence electrons. The highest BCUT2D eigenvalue weighted by Crippen LogP contribution is 2.34. The fourth-order valence-corrected chi connectivity index (χ4v) is 4.08. The highest BCUT2D eigenvalue weighted by Gasteiger charge is 2.27. The highest BCUT2D eigenvalue weighted by molar-refractivity contribution is 7.10. The smallest absolute Gasteiger partial charge is 0.271 e. The first-order valence-electron chi connectivity index (χ1n) is 7.56. The molecule has 3 aromatic rings. The summed E-state index contributed by atoms with van der Waals surface area (Å²) >= 11 is 1.79. The third kappa shape index (κ3) is 2.46. The Morgan fingerprint density at radius 1 is 1.27 bits per heavy atom. The maximum Gasteiger partial charge on any atom is 0.271 e. The number of nitrogens with one attached hydrogen (secondary N) is 1. The van der Waals surface area contributed by atoms with E-state index in [1.54, 1.807) is 11.3 Å². The molecule has 1 unspecified atom stereocenters. The van der Waals surface area contributed by atoms with E-state index in [0.29, 0.717) is 18.3 Å². The predicted octanol–water partition coefficient (Wildman–Crippen LogP) is 3.32. The van der Waals surface area contributed by atoms with Gasteiger partial charge in [0, 0.05) is 17.5 Å². The van der Waals surface area contributed by atoms with Gasteiger partial charge >= 0.3 is 0 Å². The Labute approximate surface area is 132 Å². The molecule has 1 aromatic carbocycles. The van der Waals surface area contributed by atoms with Crippen molar-refractivity contribution < 1.29 is 0 Å². The number of H-pyrrole nitrogens is 1. The first-order chi connectivity index (χ1) is 10.8. The molecule has 1 aliphatic heterocycles. The van der Waals surface area contributed by atoms with E-state index in [0.717, 1.165) is 24.0 Å². The number of thiophene rings is 1. The Kier molecular flexibility index (Phi) is 3.52. The molecule has 0 aliphatic carbocycles. The fraction of sp³-hybridized carbons (Fsp3) is 0.294. The molecule has 0 spiro atoms. The standard InChI is InChI=1S/C17H17N3OS/c21-17-14(18-12-5-1-2-6-13(12)19-17)11-20-9-3-7-15(20)16-8-4-10-22-16/h1-2,4-6,8,10,15H,3,7,9,11H2,(H,19,21). The first-order valence-corrected chi connectivity index (χ1v) is 8.44. The number of aromatic nitrogens is 2. The Morgan fingerprint density at radius 2 is 2.18 bits per heavy atom. The molecular weight excluding hydrogens is 294 g/mol. The molecule has 0 amide bonds. The van der Waals surface area contributed by atoms with Gasteiger partial charge in [0.2, 0.25) is 0 Å². The van der Waals surface area contributed by atoms with Crippen molar-refractivity contribution in [1.82, 2.24) is 14.9 Å². The third-order valence-electron chi connectivity index (χ3n) is 4.26. The number of hydrogen-bond acceptors (Lipinski definition) is 4. The quantitative estimate of drug-likeness (QED) is 0.807. The van der Waals surface area contributed by atoms with Crippen molar-refractivity contribution in [1.29, 1.82) is 0 Å². The summed E-state index contributed by atoms with van der Waals surface area (Å²) in [4.78, 5) is 23.5. The molecule has 1 atom stereocenters. The van der Waals surface area contributed by atoms with Crippen LogP contribution in [0.3, 0.4) is 0 Å². The maximum absolute atomic E-state index is 12.3. The molecule has 4 rings (SSSR count). The number of likely N-dealkylation sites (tertiary alicyclic amines) is 1. The van der Waals surface area contributed by atoms with Crippen LogP contribution in [-0.4, -0.2) is 21.4 Å². The van der Waals surface area contributed by atoms with Gasteiger partial charge in [-0.3, -0.25) is 9.69 Å². The van der Waals surface area contributed by atoms with Crippen LogP contribution in [0.25, 0.3) is 11.0 Å². The number of nitrogens with zero attached hydrogens (tertiary/aromatic N) is 2. The molecule has 5 heteroatoms. The Bertz CT molecular complexity index is 840. The summed E-state index contributed by atoms with van der Waals surface area (Å²) in [6.07, 6.45) is 2.33. The molecule has 22 heavy (non-hydrogen) atoms. The van der Waals surface area contributed by atoms with Gasteiger partial charge in [-0.15, -0.1) is 11.3 Å². The van der Waals surface area contributed by atoms with Crippen molar-refractivity contribution in [2.45, 2.75) is 25.4 Å². The summed E-state index contributed by atoms with van der Waals surface area (Å²) in [5.74, 6) is 0. The van der Waals surface area contributed by atoms with Crippen LogP contribution in [0.1, 0.15) is 29.5 Å². The highest BCUT2D eigenvalue weighted by atomic mass is 32.1. The minimum absolute atomic E-state index is 0.0736. The average Bonchev–Trinajstić information content (AvgIpc) is 3.18. The maximum atomic E-state index is 12.3. The predicted molar refractivity (Wildman–Crippen MR) is 89.1 cm³/mol. The molecule has 1 N–H and O–H groups in total. The van der Waals surface area contributed by atoms with Gasteiger partial charge in [-0.25, -0.2) is 4.98 Å². The molecule has 3 heterocycles.